The summed E-state index contributed by atoms with van der Waals surface area (Å²) in [5.41, 5.74) is 5.11. The van der Waals surface area contributed by atoms with Crippen LogP contribution in [0.15, 0.2) is 28.8 Å². The van der Waals surface area contributed by atoms with Crippen LogP contribution in [0.5, 0.6) is 5.75 Å². The molecule has 4 heterocycles. The van der Waals surface area contributed by atoms with E-state index in [9.17, 15) is 22.8 Å². The van der Waals surface area contributed by atoms with Gasteiger partial charge in [0.05, 0.1) is 27.0 Å². The molecule has 0 spiro atoms. The standard InChI is InChI=1S/C26H15Cl5F3N5O4S/c1-8-11(6-36-39(8)2)10-5-13(26(32,33)34)37-25-14(10)20(22(44-25)23(35)40)38-24(41)12-4-3-9(43-12)7-42-21-18(30)16(28)15(27)17(29)19(21)31/h3-6H,7H2,1-2H3,(H2,35,40)(H,38,41). The Labute approximate surface area is 274 Å². The molecular formula is C26H15Cl5F3N5O4S. The lowest BCUT2D eigenvalue weighted by molar-refractivity contribution is -0.140. The lowest BCUT2D eigenvalue weighted by Crippen LogP contribution is -2.16. The molecule has 5 rings (SSSR count). The number of ether oxygens (including phenoxy) is 1. The molecule has 4 aromatic heterocycles. The number of halogens is 8. The Morgan fingerprint density at radius 2 is 1.70 bits per heavy atom. The van der Waals surface area contributed by atoms with E-state index in [2.05, 4.69) is 15.4 Å². The van der Waals surface area contributed by atoms with Gasteiger partial charge in [-0.25, -0.2) is 4.98 Å². The smallest absolute Gasteiger partial charge is 0.433 e. The first kappa shape index (κ1) is 32.2. The van der Waals surface area contributed by atoms with Crippen molar-refractivity contribution < 1.29 is 31.9 Å². The van der Waals surface area contributed by atoms with E-state index in [4.69, 9.17) is 72.9 Å². The zero-order valence-electron chi connectivity index (χ0n) is 22.0. The van der Waals surface area contributed by atoms with E-state index in [0.717, 1.165) is 6.07 Å². The van der Waals surface area contributed by atoms with Gasteiger partial charge in [-0.2, -0.15) is 18.3 Å². The third-order valence-electron chi connectivity index (χ3n) is 6.35. The van der Waals surface area contributed by atoms with Gasteiger partial charge < -0.3 is 20.2 Å². The molecule has 5 aromatic rings. The van der Waals surface area contributed by atoms with E-state index in [-0.39, 0.29) is 75.3 Å². The Kier molecular flexibility index (Phi) is 8.75. The molecule has 0 aliphatic rings. The van der Waals surface area contributed by atoms with Gasteiger partial charge in [-0.05, 0) is 30.7 Å². The number of primary amides is 1. The Balaban J connectivity index is 1.51. The predicted molar refractivity (Wildman–Crippen MR) is 163 cm³/mol. The van der Waals surface area contributed by atoms with Crippen molar-refractivity contribution in [2.45, 2.75) is 19.7 Å². The molecule has 3 N–H and O–H groups in total. The molecule has 0 aliphatic carbocycles. The molecule has 18 heteroatoms. The minimum Gasteiger partial charge on any atom is -0.482 e. The zero-order chi connectivity index (χ0) is 32.2. The highest BCUT2D eigenvalue weighted by molar-refractivity contribution is 7.21. The number of furan rings is 1. The molecule has 0 bridgehead atoms. The van der Waals surface area contributed by atoms with E-state index in [0.29, 0.717) is 22.6 Å². The number of anilines is 1. The quantitative estimate of drug-likeness (QED) is 0.128. The third kappa shape index (κ3) is 5.80. The Bertz CT molecular complexity index is 1960. The van der Waals surface area contributed by atoms with Gasteiger partial charge >= 0.3 is 6.18 Å². The highest BCUT2D eigenvalue weighted by Crippen LogP contribution is 2.48. The van der Waals surface area contributed by atoms with Gasteiger partial charge in [0.1, 0.15) is 37.8 Å². The lowest BCUT2D eigenvalue weighted by Gasteiger charge is -2.13. The van der Waals surface area contributed by atoms with Crippen LogP contribution in [0.25, 0.3) is 21.3 Å². The summed E-state index contributed by atoms with van der Waals surface area (Å²) in [6.07, 6.45) is -3.43. The van der Waals surface area contributed by atoms with Crippen LogP contribution in [0.3, 0.4) is 0 Å². The zero-order valence-corrected chi connectivity index (χ0v) is 26.6. The van der Waals surface area contributed by atoms with E-state index in [1.165, 1.54) is 23.0 Å². The molecule has 1 aromatic carbocycles. The molecule has 9 nitrogen and oxygen atoms in total. The van der Waals surface area contributed by atoms with Crippen LogP contribution in [0.2, 0.25) is 25.1 Å². The van der Waals surface area contributed by atoms with Crippen LogP contribution in [0.1, 0.15) is 37.4 Å². The fourth-order valence-corrected chi connectivity index (χ4v) is 6.36. The lowest BCUT2D eigenvalue weighted by atomic mass is 10.0. The van der Waals surface area contributed by atoms with Crippen molar-refractivity contribution in [2.24, 2.45) is 12.8 Å². The number of hydrogen-bond donors (Lipinski definition) is 2. The first-order valence-electron chi connectivity index (χ1n) is 12.0. The molecule has 2 amide bonds. The van der Waals surface area contributed by atoms with Gasteiger partial charge in [0.15, 0.2) is 11.5 Å². The van der Waals surface area contributed by atoms with E-state index in [1.807, 2.05) is 0 Å². The number of thiophene rings is 1. The van der Waals surface area contributed by atoms with Crippen LogP contribution in [-0.2, 0) is 19.8 Å². The van der Waals surface area contributed by atoms with Crippen LogP contribution in [0.4, 0.5) is 18.9 Å². The van der Waals surface area contributed by atoms with Crippen molar-refractivity contribution >= 4 is 97.1 Å². The fourth-order valence-electron chi connectivity index (χ4n) is 4.12. The number of aryl methyl sites for hydroxylation is 1. The number of nitrogens with one attached hydrogen (secondary N) is 1. The van der Waals surface area contributed by atoms with E-state index >= 15 is 0 Å². The van der Waals surface area contributed by atoms with Gasteiger partial charge in [-0.3, -0.25) is 14.3 Å². The van der Waals surface area contributed by atoms with Gasteiger partial charge in [-0.1, -0.05) is 58.0 Å². The number of hydrogen-bond acceptors (Lipinski definition) is 7. The third-order valence-corrected chi connectivity index (χ3v) is 9.69. The van der Waals surface area contributed by atoms with Gasteiger partial charge in [0.2, 0.25) is 0 Å². The van der Waals surface area contributed by atoms with Crippen molar-refractivity contribution in [3.05, 3.63) is 77.3 Å². The average molecular weight is 728 g/mol. The summed E-state index contributed by atoms with van der Waals surface area (Å²) in [6.45, 7) is 1.38. The number of carbonyl (C=O) groups is 2. The second kappa shape index (κ2) is 12.0. The molecule has 0 aliphatic heterocycles. The largest absolute Gasteiger partial charge is 0.482 e. The van der Waals surface area contributed by atoms with Crippen molar-refractivity contribution in [3.8, 4) is 16.9 Å². The maximum atomic E-state index is 13.8. The summed E-state index contributed by atoms with van der Waals surface area (Å²) in [6, 6.07) is 3.55. The second-order valence-corrected chi connectivity index (χ2v) is 12.0. The van der Waals surface area contributed by atoms with Crippen LogP contribution in [-0.4, -0.2) is 26.6 Å². The normalized spacial score (nSPS) is 11.8. The minimum atomic E-state index is -4.80. The van der Waals surface area contributed by atoms with Crippen molar-refractivity contribution in [3.63, 3.8) is 0 Å². The number of alkyl halides is 3. The predicted octanol–water partition coefficient (Wildman–Crippen LogP) is 8.81. The van der Waals surface area contributed by atoms with Gasteiger partial charge in [0, 0.05) is 23.7 Å². The number of carbonyl (C=O) groups excluding carboxylic acids is 2. The highest BCUT2D eigenvalue weighted by Gasteiger charge is 2.35. The Morgan fingerprint density at radius 3 is 2.27 bits per heavy atom. The minimum absolute atomic E-state index is 0.0366. The fraction of sp³-hybridized carbons (Fsp3) is 0.154. The molecule has 0 fully saturated rings. The maximum absolute atomic E-state index is 13.8. The number of pyridine rings is 1. The number of nitrogens with two attached hydrogens (primary N) is 1. The maximum Gasteiger partial charge on any atom is 0.433 e. The number of rotatable bonds is 7. The summed E-state index contributed by atoms with van der Waals surface area (Å²) in [4.78, 5) is 29.0. The molecule has 0 unspecified atom stereocenters. The van der Waals surface area contributed by atoms with Crippen LogP contribution >= 0.6 is 69.3 Å². The van der Waals surface area contributed by atoms with Gasteiger partial charge in [0.25, 0.3) is 11.8 Å². The molecule has 44 heavy (non-hydrogen) atoms. The molecule has 230 valence electrons. The highest BCUT2D eigenvalue weighted by atomic mass is 35.5. The molecular weight excluding hydrogens is 713 g/mol. The Hall–Kier alpha value is -3.20. The molecule has 0 atom stereocenters. The number of fused-ring (bicyclic) bond motifs is 1. The van der Waals surface area contributed by atoms with Crippen molar-refractivity contribution in [1.29, 1.82) is 0 Å². The van der Waals surface area contributed by atoms with Crippen LogP contribution in [0, 0.1) is 6.92 Å². The van der Waals surface area contributed by atoms with Gasteiger partial charge in [-0.15, -0.1) is 11.3 Å². The summed E-state index contributed by atoms with van der Waals surface area (Å²) in [7, 11) is 1.61. The molecule has 0 saturated carbocycles. The van der Waals surface area contributed by atoms with Crippen molar-refractivity contribution in [2.75, 3.05) is 5.32 Å². The Morgan fingerprint density at radius 1 is 1.07 bits per heavy atom. The molecule has 0 radical (unpaired) electrons. The molecule has 0 saturated heterocycles. The van der Waals surface area contributed by atoms with E-state index in [1.54, 1.807) is 14.0 Å². The second-order valence-electron chi connectivity index (χ2n) is 9.08. The van der Waals surface area contributed by atoms with Crippen molar-refractivity contribution in [1.82, 2.24) is 14.8 Å². The topological polar surface area (TPSA) is 125 Å². The first-order chi connectivity index (χ1) is 20.6. The summed E-state index contributed by atoms with van der Waals surface area (Å²) < 4.78 is 54.0. The summed E-state index contributed by atoms with van der Waals surface area (Å²) in [5, 5.41) is 6.31. The number of aromatic nitrogens is 3. The SMILES string of the molecule is Cc1c(-c2cc(C(F)(F)F)nc3sc(C(N)=O)c(NC(=O)c4ccc(COc5c(Cl)c(Cl)c(Cl)c(Cl)c5Cl)o4)c23)cnn1C. The summed E-state index contributed by atoms with van der Waals surface area (Å²) in [5.74, 6) is -2.01. The van der Waals surface area contributed by atoms with Crippen LogP contribution < -0.4 is 15.8 Å². The number of amides is 2. The summed E-state index contributed by atoms with van der Waals surface area (Å²) >= 11 is 31.1. The first-order valence-corrected chi connectivity index (χ1v) is 14.7. The number of nitrogens with zero attached hydrogens (tertiary/aromatic N) is 3. The average Bonchev–Trinajstić information content (AvgIpc) is 3.68. The number of benzene rings is 1. The monoisotopic (exact) mass is 725 g/mol. The van der Waals surface area contributed by atoms with E-state index < -0.39 is 23.7 Å².